The summed E-state index contributed by atoms with van der Waals surface area (Å²) in [4.78, 5) is 2.55. The minimum Gasteiger partial charge on any atom is -0.315 e. The molecule has 2 heterocycles. The summed E-state index contributed by atoms with van der Waals surface area (Å²) in [5.41, 5.74) is 7.39. The highest BCUT2D eigenvalue weighted by atomic mass is 33.1. The van der Waals surface area contributed by atoms with E-state index in [0.717, 1.165) is 36.6 Å². The molecule has 3 aliphatic rings. The lowest BCUT2D eigenvalue weighted by molar-refractivity contribution is 0.0730. The molecular formula is C35H62N2S2. The van der Waals surface area contributed by atoms with Crippen LogP contribution in [0.25, 0.3) is 0 Å². The summed E-state index contributed by atoms with van der Waals surface area (Å²) in [5, 5.41) is 4.56. The molecule has 1 fully saturated rings. The van der Waals surface area contributed by atoms with Gasteiger partial charge in [0.15, 0.2) is 0 Å². The lowest BCUT2D eigenvalue weighted by Crippen LogP contribution is -2.42. The summed E-state index contributed by atoms with van der Waals surface area (Å²) in [6, 6.07) is 5.12. The Morgan fingerprint density at radius 2 is 1.51 bits per heavy atom. The van der Waals surface area contributed by atoms with Crippen LogP contribution in [0.3, 0.4) is 0 Å². The van der Waals surface area contributed by atoms with E-state index in [1.54, 1.807) is 22.3 Å². The molecule has 0 spiro atoms. The molecule has 224 valence electrons. The Balaban J connectivity index is 0.000000460. The fraction of sp³-hybridized carbons (Fsp3) is 0.771. The molecule has 1 saturated heterocycles. The largest absolute Gasteiger partial charge is 0.315 e. The van der Waals surface area contributed by atoms with Gasteiger partial charge < -0.3 is 5.32 Å². The SMILES string of the molecule is CC.CC(CNCC1SSCC1(C)C)C1Cc2cc3c(cc2C1)C(C)(C)N(C)C3(C)C.CC/C=C/C(C)(C)C. The van der Waals surface area contributed by atoms with E-state index in [1.807, 2.05) is 24.6 Å². The number of allylic oxidation sites excluding steroid dienone is 2. The van der Waals surface area contributed by atoms with E-state index >= 15 is 0 Å². The molecule has 4 rings (SSSR count). The molecule has 0 bridgehead atoms. The van der Waals surface area contributed by atoms with Gasteiger partial charge in [0.1, 0.15) is 0 Å². The van der Waals surface area contributed by atoms with Crippen LogP contribution in [0.15, 0.2) is 24.3 Å². The molecule has 2 aliphatic heterocycles. The number of benzene rings is 1. The van der Waals surface area contributed by atoms with E-state index in [0.29, 0.717) is 10.8 Å². The second-order valence-electron chi connectivity index (χ2n) is 14.7. The van der Waals surface area contributed by atoms with Crippen molar-refractivity contribution >= 4 is 21.6 Å². The zero-order valence-corrected chi connectivity index (χ0v) is 29.7. The van der Waals surface area contributed by atoms with Crippen molar-refractivity contribution in [2.24, 2.45) is 22.7 Å². The molecule has 0 radical (unpaired) electrons. The van der Waals surface area contributed by atoms with Crippen LogP contribution in [0.5, 0.6) is 0 Å². The summed E-state index contributed by atoms with van der Waals surface area (Å²) in [6.07, 6.45) is 8.11. The Morgan fingerprint density at radius 1 is 1.00 bits per heavy atom. The van der Waals surface area contributed by atoms with E-state index in [1.165, 1.54) is 18.6 Å². The van der Waals surface area contributed by atoms with Gasteiger partial charge in [0.25, 0.3) is 0 Å². The summed E-state index contributed by atoms with van der Waals surface area (Å²) >= 11 is 0. The first-order valence-corrected chi connectivity index (χ1v) is 18.0. The molecule has 2 atom stereocenters. The van der Waals surface area contributed by atoms with Gasteiger partial charge in [-0.3, -0.25) is 4.90 Å². The molecule has 1 aliphatic carbocycles. The third kappa shape index (κ3) is 8.33. The predicted octanol–water partition coefficient (Wildman–Crippen LogP) is 9.86. The number of fused-ring (bicyclic) bond motifs is 2. The van der Waals surface area contributed by atoms with Gasteiger partial charge in [0.05, 0.1) is 0 Å². The summed E-state index contributed by atoms with van der Waals surface area (Å²) in [6.45, 7) is 31.9. The minimum atomic E-state index is 0.114. The number of nitrogens with zero attached hydrogens (tertiary/aromatic N) is 1. The van der Waals surface area contributed by atoms with Crippen LogP contribution in [-0.2, 0) is 23.9 Å². The van der Waals surface area contributed by atoms with E-state index < -0.39 is 0 Å². The van der Waals surface area contributed by atoms with Crippen LogP contribution in [0.4, 0.5) is 0 Å². The average Bonchev–Trinajstić information content (AvgIpc) is 3.47. The van der Waals surface area contributed by atoms with Crippen LogP contribution < -0.4 is 5.32 Å². The van der Waals surface area contributed by atoms with Crippen molar-refractivity contribution < 1.29 is 0 Å². The normalized spacial score (nSPS) is 24.0. The molecule has 0 saturated carbocycles. The molecule has 39 heavy (non-hydrogen) atoms. The zero-order chi connectivity index (χ0) is 29.8. The predicted molar refractivity (Wildman–Crippen MR) is 181 cm³/mol. The summed E-state index contributed by atoms with van der Waals surface area (Å²) in [7, 11) is 6.41. The molecule has 0 amide bonds. The van der Waals surface area contributed by atoms with Crippen molar-refractivity contribution in [3.63, 3.8) is 0 Å². The minimum absolute atomic E-state index is 0.114. The van der Waals surface area contributed by atoms with Gasteiger partial charge in [-0.25, -0.2) is 0 Å². The van der Waals surface area contributed by atoms with Crippen molar-refractivity contribution in [1.82, 2.24) is 10.2 Å². The molecule has 2 unspecified atom stereocenters. The van der Waals surface area contributed by atoms with Gasteiger partial charge in [-0.2, -0.15) is 0 Å². The Labute approximate surface area is 251 Å². The molecule has 4 heteroatoms. The first kappa shape index (κ1) is 34.8. The Hall–Kier alpha value is -0.420. The fourth-order valence-corrected chi connectivity index (χ4v) is 10.0. The van der Waals surface area contributed by atoms with Gasteiger partial charge in [0.2, 0.25) is 0 Å². The number of nitrogens with one attached hydrogen (secondary N) is 1. The molecule has 1 aromatic rings. The highest BCUT2D eigenvalue weighted by molar-refractivity contribution is 8.77. The lowest BCUT2D eigenvalue weighted by Gasteiger charge is -2.37. The van der Waals surface area contributed by atoms with Crippen molar-refractivity contribution in [1.29, 1.82) is 0 Å². The van der Waals surface area contributed by atoms with Crippen LogP contribution in [-0.4, -0.2) is 36.0 Å². The second-order valence-corrected chi connectivity index (χ2v) is 17.2. The monoisotopic (exact) mass is 574 g/mol. The maximum atomic E-state index is 3.82. The first-order chi connectivity index (χ1) is 18.0. The fourth-order valence-electron chi connectivity index (χ4n) is 6.06. The van der Waals surface area contributed by atoms with Crippen molar-refractivity contribution in [3.8, 4) is 0 Å². The third-order valence-corrected chi connectivity index (χ3v) is 12.7. The molecule has 1 N–H and O–H groups in total. The summed E-state index contributed by atoms with van der Waals surface area (Å²) in [5.74, 6) is 2.79. The van der Waals surface area contributed by atoms with Crippen molar-refractivity contribution in [3.05, 3.63) is 46.5 Å². The van der Waals surface area contributed by atoms with Crippen LogP contribution in [0.2, 0.25) is 0 Å². The number of hydrogen-bond donors (Lipinski definition) is 1. The topological polar surface area (TPSA) is 15.3 Å². The number of hydrogen-bond acceptors (Lipinski definition) is 4. The first-order valence-electron chi connectivity index (χ1n) is 15.6. The van der Waals surface area contributed by atoms with Crippen LogP contribution in [0.1, 0.15) is 119 Å². The number of rotatable bonds is 6. The van der Waals surface area contributed by atoms with Gasteiger partial charge in [0, 0.05) is 28.6 Å². The quantitative estimate of drug-likeness (QED) is 0.268. The highest BCUT2D eigenvalue weighted by Crippen LogP contribution is 2.51. The third-order valence-electron chi connectivity index (χ3n) is 9.24. The Kier molecular flexibility index (Phi) is 12.2. The van der Waals surface area contributed by atoms with Crippen molar-refractivity contribution in [2.75, 3.05) is 25.9 Å². The second kappa shape index (κ2) is 13.7. The zero-order valence-electron chi connectivity index (χ0n) is 28.0. The average molecular weight is 575 g/mol. The lowest BCUT2D eigenvalue weighted by atomic mass is 9.87. The maximum absolute atomic E-state index is 3.82. The summed E-state index contributed by atoms with van der Waals surface area (Å²) < 4.78 is 0. The van der Waals surface area contributed by atoms with E-state index in [9.17, 15) is 0 Å². The van der Waals surface area contributed by atoms with Crippen LogP contribution >= 0.6 is 21.6 Å². The standard InChI is InChI=1S/C25H40N2S2.C8H16.C2H6/c1-16(13-26-14-22-23(2,3)15-28-29-22)17-9-18-11-20-21(12-19(18)10-17)25(6,7)27(8)24(20,4)5;1-5-6-7-8(2,3)4;1-2/h11-12,16-17,22,26H,9-10,13-15H2,1-8H3;6-7H,5H2,1-4H3;1-2H3/b;7-6+;. The maximum Gasteiger partial charge on any atom is 0.0413 e. The van der Waals surface area contributed by atoms with E-state index in [2.05, 4.69) is 129 Å². The Morgan fingerprint density at radius 3 is 1.90 bits per heavy atom. The van der Waals surface area contributed by atoms with E-state index in [-0.39, 0.29) is 11.1 Å². The molecular weight excluding hydrogens is 513 g/mol. The van der Waals surface area contributed by atoms with Crippen LogP contribution in [0, 0.1) is 22.7 Å². The van der Waals surface area contributed by atoms with Gasteiger partial charge in [-0.1, -0.05) is 108 Å². The van der Waals surface area contributed by atoms with E-state index in [4.69, 9.17) is 0 Å². The smallest absolute Gasteiger partial charge is 0.0413 e. The van der Waals surface area contributed by atoms with Gasteiger partial charge in [-0.15, -0.1) is 0 Å². The molecule has 1 aromatic carbocycles. The Bertz CT molecular complexity index is 909. The molecule has 0 aromatic heterocycles. The van der Waals surface area contributed by atoms with Gasteiger partial charge >= 0.3 is 0 Å². The van der Waals surface area contributed by atoms with Gasteiger partial charge in [-0.05, 0) is 105 Å². The molecule has 2 nitrogen and oxygen atoms in total. The highest BCUT2D eigenvalue weighted by Gasteiger charge is 2.47. The van der Waals surface area contributed by atoms with Crippen molar-refractivity contribution in [2.45, 2.75) is 126 Å².